The number of halogens is 1. The monoisotopic (exact) mass is 208 g/mol. The summed E-state index contributed by atoms with van der Waals surface area (Å²) in [5.74, 6) is 0.738. The van der Waals surface area contributed by atoms with E-state index in [1.54, 1.807) is 19.6 Å². The van der Waals surface area contributed by atoms with Crippen molar-refractivity contribution in [2.24, 2.45) is 0 Å². The molecule has 0 amide bonds. The Bertz CT molecular complexity index is 426. The van der Waals surface area contributed by atoms with Crippen molar-refractivity contribution in [2.45, 2.75) is 0 Å². The van der Waals surface area contributed by atoms with Gasteiger partial charge in [-0.05, 0) is 12.1 Å². The molecule has 0 aliphatic rings. The molecule has 0 fully saturated rings. The number of benzene rings is 1. The highest BCUT2D eigenvalue weighted by Gasteiger charge is 2.10. The zero-order valence-electron chi connectivity index (χ0n) is 7.62. The average molecular weight is 209 g/mol. The van der Waals surface area contributed by atoms with Gasteiger partial charge in [-0.15, -0.1) is 0 Å². The van der Waals surface area contributed by atoms with E-state index in [1.165, 1.54) is 0 Å². The Morgan fingerprint density at radius 2 is 2.29 bits per heavy atom. The molecule has 1 N–H and O–H groups in total. The number of hydrogen-bond acceptors (Lipinski definition) is 2. The van der Waals surface area contributed by atoms with Crippen LogP contribution in [0.5, 0.6) is 5.75 Å². The van der Waals surface area contributed by atoms with E-state index in [0.717, 1.165) is 17.0 Å². The van der Waals surface area contributed by atoms with Gasteiger partial charge in [0.05, 0.1) is 35.9 Å². The Balaban J connectivity index is 2.61. The highest BCUT2D eigenvalue weighted by Crippen LogP contribution is 2.34. The highest BCUT2D eigenvalue weighted by atomic mass is 35.5. The lowest BCUT2D eigenvalue weighted by Crippen LogP contribution is -1.88. The van der Waals surface area contributed by atoms with Crippen molar-refractivity contribution in [3.8, 4) is 17.0 Å². The summed E-state index contributed by atoms with van der Waals surface area (Å²) < 4.78 is 5.22. The maximum atomic E-state index is 6.07. The quantitative estimate of drug-likeness (QED) is 0.824. The standard InChI is InChI=1S/C10H9ClN2O/c1-14-9-4-2-3-7(11)10(9)8-5-12-6-13-8/h2-6H,1H3,(H,12,13). The van der Waals surface area contributed by atoms with Crippen LogP contribution >= 0.6 is 11.6 Å². The Kier molecular flexibility index (Phi) is 2.41. The Morgan fingerprint density at radius 3 is 2.93 bits per heavy atom. The topological polar surface area (TPSA) is 37.9 Å². The van der Waals surface area contributed by atoms with Crippen LogP contribution in [0.4, 0.5) is 0 Å². The molecule has 1 aromatic carbocycles. The zero-order valence-corrected chi connectivity index (χ0v) is 8.38. The van der Waals surface area contributed by atoms with Crippen LogP contribution in [0.2, 0.25) is 5.02 Å². The van der Waals surface area contributed by atoms with Crippen molar-refractivity contribution in [1.29, 1.82) is 0 Å². The fraction of sp³-hybridized carbons (Fsp3) is 0.100. The number of ether oxygens (including phenoxy) is 1. The van der Waals surface area contributed by atoms with Gasteiger partial charge in [0, 0.05) is 0 Å². The van der Waals surface area contributed by atoms with Crippen LogP contribution in [0.3, 0.4) is 0 Å². The highest BCUT2D eigenvalue weighted by molar-refractivity contribution is 6.33. The van der Waals surface area contributed by atoms with E-state index in [1.807, 2.05) is 18.2 Å². The van der Waals surface area contributed by atoms with Crippen LogP contribution in [-0.2, 0) is 0 Å². The number of methoxy groups -OCH3 is 1. The predicted molar refractivity (Wildman–Crippen MR) is 55.6 cm³/mol. The normalized spacial score (nSPS) is 10.1. The van der Waals surface area contributed by atoms with Crippen LogP contribution in [0.1, 0.15) is 0 Å². The summed E-state index contributed by atoms with van der Waals surface area (Å²) in [4.78, 5) is 6.94. The van der Waals surface area contributed by atoms with Gasteiger partial charge in [-0.1, -0.05) is 17.7 Å². The van der Waals surface area contributed by atoms with E-state index in [0.29, 0.717) is 5.02 Å². The molecule has 0 atom stereocenters. The van der Waals surface area contributed by atoms with E-state index < -0.39 is 0 Å². The van der Waals surface area contributed by atoms with Crippen molar-refractivity contribution in [3.05, 3.63) is 35.7 Å². The van der Waals surface area contributed by atoms with E-state index in [-0.39, 0.29) is 0 Å². The van der Waals surface area contributed by atoms with Crippen molar-refractivity contribution in [2.75, 3.05) is 7.11 Å². The van der Waals surface area contributed by atoms with Crippen molar-refractivity contribution in [3.63, 3.8) is 0 Å². The summed E-state index contributed by atoms with van der Waals surface area (Å²) in [6.07, 6.45) is 3.32. The van der Waals surface area contributed by atoms with Crippen LogP contribution < -0.4 is 4.74 Å². The first-order valence-corrected chi connectivity index (χ1v) is 4.52. The molecule has 72 valence electrons. The fourth-order valence-electron chi connectivity index (χ4n) is 1.33. The summed E-state index contributed by atoms with van der Waals surface area (Å²) in [5, 5.41) is 0.647. The number of nitrogens with zero attached hydrogens (tertiary/aromatic N) is 1. The molecule has 1 heterocycles. The van der Waals surface area contributed by atoms with Crippen molar-refractivity contribution < 1.29 is 4.74 Å². The molecule has 0 saturated heterocycles. The third-order valence-electron chi connectivity index (χ3n) is 1.96. The number of hydrogen-bond donors (Lipinski definition) is 1. The molecule has 0 unspecified atom stereocenters. The second kappa shape index (κ2) is 3.72. The molecule has 1 aromatic heterocycles. The third kappa shape index (κ3) is 1.46. The van der Waals surface area contributed by atoms with Gasteiger partial charge in [-0.3, -0.25) is 0 Å². The average Bonchev–Trinajstić information content (AvgIpc) is 2.70. The number of H-pyrrole nitrogens is 1. The van der Waals surface area contributed by atoms with Gasteiger partial charge >= 0.3 is 0 Å². The Hall–Kier alpha value is -1.48. The van der Waals surface area contributed by atoms with Crippen LogP contribution in [-0.4, -0.2) is 17.1 Å². The van der Waals surface area contributed by atoms with Crippen LogP contribution in [0.25, 0.3) is 11.3 Å². The molecule has 0 aliphatic heterocycles. The SMILES string of the molecule is COc1cccc(Cl)c1-c1cnc[nH]1. The predicted octanol–water partition coefficient (Wildman–Crippen LogP) is 2.74. The summed E-state index contributed by atoms with van der Waals surface area (Å²) >= 11 is 6.07. The molecule has 0 bridgehead atoms. The second-order valence-corrected chi connectivity index (χ2v) is 3.19. The fourth-order valence-corrected chi connectivity index (χ4v) is 1.60. The Labute approximate surface area is 86.7 Å². The maximum absolute atomic E-state index is 6.07. The van der Waals surface area contributed by atoms with E-state index in [2.05, 4.69) is 9.97 Å². The number of rotatable bonds is 2. The first kappa shape index (κ1) is 9.09. The Morgan fingerprint density at radius 1 is 1.43 bits per heavy atom. The van der Waals surface area contributed by atoms with E-state index in [4.69, 9.17) is 16.3 Å². The van der Waals surface area contributed by atoms with Crippen molar-refractivity contribution >= 4 is 11.6 Å². The number of imidazole rings is 1. The number of nitrogens with one attached hydrogen (secondary N) is 1. The molecule has 3 nitrogen and oxygen atoms in total. The number of aromatic amines is 1. The molecular formula is C10H9ClN2O. The zero-order chi connectivity index (χ0) is 9.97. The molecule has 2 aromatic rings. The molecule has 0 saturated carbocycles. The maximum Gasteiger partial charge on any atom is 0.129 e. The minimum atomic E-state index is 0.647. The summed E-state index contributed by atoms with van der Waals surface area (Å²) in [5.41, 5.74) is 1.70. The van der Waals surface area contributed by atoms with Crippen LogP contribution in [0, 0.1) is 0 Å². The van der Waals surface area contributed by atoms with Gasteiger partial charge in [-0.25, -0.2) is 4.98 Å². The van der Waals surface area contributed by atoms with E-state index in [9.17, 15) is 0 Å². The van der Waals surface area contributed by atoms with Gasteiger partial charge in [-0.2, -0.15) is 0 Å². The lowest BCUT2D eigenvalue weighted by molar-refractivity contribution is 0.416. The van der Waals surface area contributed by atoms with Crippen LogP contribution in [0.15, 0.2) is 30.7 Å². The minimum absolute atomic E-state index is 0.647. The summed E-state index contributed by atoms with van der Waals surface area (Å²) in [7, 11) is 1.62. The third-order valence-corrected chi connectivity index (χ3v) is 2.28. The largest absolute Gasteiger partial charge is 0.496 e. The number of aromatic nitrogens is 2. The van der Waals surface area contributed by atoms with Crippen molar-refractivity contribution in [1.82, 2.24) is 9.97 Å². The molecule has 0 radical (unpaired) electrons. The van der Waals surface area contributed by atoms with Gasteiger partial charge in [0.1, 0.15) is 5.75 Å². The smallest absolute Gasteiger partial charge is 0.129 e. The lowest BCUT2D eigenvalue weighted by Gasteiger charge is -2.07. The summed E-state index contributed by atoms with van der Waals surface area (Å²) in [6, 6.07) is 5.53. The van der Waals surface area contributed by atoms with E-state index >= 15 is 0 Å². The first-order valence-electron chi connectivity index (χ1n) is 4.14. The second-order valence-electron chi connectivity index (χ2n) is 2.78. The minimum Gasteiger partial charge on any atom is -0.496 e. The van der Waals surface area contributed by atoms with Gasteiger partial charge in [0.25, 0.3) is 0 Å². The van der Waals surface area contributed by atoms with Gasteiger partial charge < -0.3 is 9.72 Å². The summed E-state index contributed by atoms with van der Waals surface area (Å²) in [6.45, 7) is 0. The molecule has 14 heavy (non-hydrogen) atoms. The molecule has 0 spiro atoms. The lowest BCUT2D eigenvalue weighted by atomic mass is 10.1. The first-order chi connectivity index (χ1) is 6.83. The molecule has 0 aliphatic carbocycles. The van der Waals surface area contributed by atoms with Gasteiger partial charge in [0.2, 0.25) is 0 Å². The molecular weight excluding hydrogens is 200 g/mol. The van der Waals surface area contributed by atoms with Gasteiger partial charge in [0.15, 0.2) is 0 Å². The molecule has 4 heteroatoms. The molecule has 2 rings (SSSR count).